The number of nitrogens with one attached hydrogen (secondary N) is 1. The van der Waals surface area contributed by atoms with Gasteiger partial charge >= 0.3 is 17.9 Å². The molecule has 156 valence electrons. The Kier molecular flexibility index (Phi) is 9.56. The lowest BCUT2D eigenvalue weighted by Gasteiger charge is -2.45. The molecule has 12 nitrogen and oxygen atoms in total. The highest BCUT2D eigenvalue weighted by molar-refractivity contribution is 7.99. The summed E-state index contributed by atoms with van der Waals surface area (Å²) in [6, 6.07) is -0.918. The fourth-order valence-corrected chi connectivity index (χ4v) is 3.48. The van der Waals surface area contributed by atoms with Crippen LogP contribution in [0.3, 0.4) is 0 Å². The molecule has 1 fully saturated rings. The average Bonchev–Trinajstić information content (AvgIpc) is 2.57. The largest absolute Gasteiger partial charge is 0.463 e. The second-order valence-corrected chi connectivity index (χ2v) is 6.80. The number of carbonyl (C=O) groups is 4. The minimum atomic E-state index is -1.14. The molecule has 1 heterocycles. The van der Waals surface area contributed by atoms with Gasteiger partial charge in [0.1, 0.15) is 24.2 Å². The van der Waals surface area contributed by atoms with E-state index in [9.17, 15) is 19.2 Å². The van der Waals surface area contributed by atoms with Crippen molar-refractivity contribution in [3.8, 4) is 0 Å². The summed E-state index contributed by atoms with van der Waals surface area (Å²) in [5, 5.41) is 6.01. The smallest absolute Gasteiger partial charge is 0.303 e. The number of thioether (sulfide) groups is 1. The van der Waals surface area contributed by atoms with Crippen LogP contribution in [0.15, 0.2) is 5.11 Å². The first kappa shape index (κ1) is 23.5. The van der Waals surface area contributed by atoms with Gasteiger partial charge in [0.25, 0.3) is 0 Å². The molecule has 1 N–H and O–H groups in total. The number of hydrogen-bond donors (Lipinski definition) is 1. The summed E-state index contributed by atoms with van der Waals surface area (Å²) in [4.78, 5) is 48.7. The lowest BCUT2D eigenvalue weighted by atomic mass is 9.97. The fourth-order valence-electron chi connectivity index (χ4n) is 2.57. The Morgan fingerprint density at radius 1 is 1.07 bits per heavy atom. The standard InChI is InChI=1S/C15H22N4O8S/c1-7(20)18-12-14(26-10(4)23)13(25-9(3)22)11(5-24-8(2)21)27-15(12)28-6-17-19-16/h11-15H,5-6H2,1-4H3,(H,18,20)/t11-,12-,13-,14-,15+/m1/s1. The Bertz CT molecular complexity index is 622. The van der Waals surface area contributed by atoms with Gasteiger partial charge in [-0.2, -0.15) is 0 Å². The van der Waals surface area contributed by atoms with E-state index >= 15 is 0 Å². The van der Waals surface area contributed by atoms with E-state index in [2.05, 4.69) is 15.3 Å². The Balaban J connectivity index is 3.26. The maximum absolute atomic E-state index is 11.7. The molecular formula is C15H22N4O8S. The first-order valence-corrected chi connectivity index (χ1v) is 9.23. The van der Waals surface area contributed by atoms with E-state index in [-0.39, 0.29) is 12.5 Å². The van der Waals surface area contributed by atoms with Gasteiger partial charge in [-0.25, -0.2) is 0 Å². The van der Waals surface area contributed by atoms with E-state index in [4.69, 9.17) is 24.5 Å². The van der Waals surface area contributed by atoms with Gasteiger partial charge in [0.2, 0.25) is 5.91 Å². The van der Waals surface area contributed by atoms with Crippen LogP contribution >= 0.6 is 11.8 Å². The lowest BCUT2D eigenvalue weighted by molar-refractivity contribution is -0.211. The molecule has 0 aromatic carbocycles. The van der Waals surface area contributed by atoms with E-state index in [1.54, 1.807) is 0 Å². The van der Waals surface area contributed by atoms with Crippen molar-refractivity contribution < 1.29 is 38.1 Å². The van der Waals surface area contributed by atoms with E-state index in [0.29, 0.717) is 0 Å². The van der Waals surface area contributed by atoms with E-state index < -0.39 is 53.6 Å². The number of rotatable bonds is 8. The van der Waals surface area contributed by atoms with Crippen LogP contribution in [-0.2, 0) is 38.1 Å². The van der Waals surface area contributed by atoms with Crippen molar-refractivity contribution in [3.05, 3.63) is 10.4 Å². The number of amides is 1. The molecule has 0 aliphatic carbocycles. The molecule has 0 spiro atoms. The van der Waals surface area contributed by atoms with Gasteiger partial charge in [-0.15, -0.1) is 11.8 Å². The summed E-state index contributed by atoms with van der Waals surface area (Å²) >= 11 is 1.03. The molecule has 0 radical (unpaired) electrons. The van der Waals surface area contributed by atoms with Crippen molar-refractivity contribution in [3.63, 3.8) is 0 Å². The molecule has 13 heteroatoms. The van der Waals surface area contributed by atoms with Crippen molar-refractivity contribution in [1.82, 2.24) is 5.32 Å². The first-order valence-electron chi connectivity index (χ1n) is 8.18. The van der Waals surface area contributed by atoms with Gasteiger partial charge < -0.3 is 24.3 Å². The van der Waals surface area contributed by atoms with Crippen LogP contribution in [0.4, 0.5) is 0 Å². The SMILES string of the molecule is CC(=O)N[C@@H]1[C@@H](OC(C)=O)[C@H](OC(C)=O)[C@@H](COC(C)=O)O[C@H]1SCN=[N+]=[N-]. The number of ether oxygens (including phenoxy) is 4. The summed E-state index contributed by atoms with van der Waals surface area (Å²) in [7, 11) is 0. The zero-order valence-corrected chi connectivity index (χ0v) is 16.6. The summed E-state index contributed by atoms with van der Waals surface area (Å²) in [5.41, 5.74) is 7.63. The molecule has 1 saturated heterocycles. The quantitative estimate of drug-likeness (QED) is 0.196. The van der Waals surface area contributed by atoms with Crippen molar-refractivity contribution in [2.24, 2.45) is 5.11 Å². The highest BCUT2D eigenvalue weighted by Gasteiger charge is 2.50. The van der Waals surface area contributed by atoms with E-state index in [0.717, 1.165) is 25.6 Å². The molecular weight excluding hydrogens is 396 g/mol. The second-order valence-electron chi connectivity index (χ2n) is 5.75. The van der Waals surface area contributed by atoms with Crippen LogP contribution in [0.1, 0.15) is 27.7 Å². The molecule has 5 atom stereocenters. The Morgan fingerprint density at radius 2 is 1.68 bits per heavy atom. The van der Waals surface area contributed by atoms with Crippen LogP contribution in [0.2, 0.25) is 0 Å². The zero-order valence-electron chi connectivity index (χ0n) is 15.8. The molecule has 28 heavy (non-hydrogen) atoms. The number of carbonyl (C=O) groups excluding carboxylic acids is 4. The second kappa shape index (κ2) is 11.4. The molecule has 0 bridgehead atoms. The van der Waals surface area contributed by atoms with Crippen LogP contribution < -0.4 is 5.32 Å². The van der Waals surface area contributed by atoms with Crippen LogP contribution in [0, 0.1) is 0 Å². The molecule has 0 unspecified atom stereocenters. The fraction of sp³-hybridized carbons (Fsp3) is 0.733. The number of azide groups is 1. The van der Waals surface area contributed by atoms with Crippen molar-refractivity contribution in [1.29, 1.82) is 0 Å². The summed E-state index contributed by atoms with van der Waals surface area (Å²) < 4.78 is 21.4. The molecule has 0 saturated carbocycles. The number of esters is 3. The van der Waals surface area contributed by atoms with Gasteiger partial charge in [0.05, 0.1) is 5.88 Å². The average molecular weight is 418 g/mol. The maximum atomic E-state index is 11.7. The number of hydrogen-bond acceptors (Lipinski definition) is 10. The highest BCUT2D eigenvalue weighted by atomic mass is 32.2. The third-order valence-corrected chi connectivity index (χ3v) is 4.43. The van der Waals surface area contributed by atoms with Gasteiger partial charge in [-0.3, -0.25) is 19.2 Å². The third kappa shape index (κ3) is 7.62. The molecule has 0 aromatic heterocycles. The Labute approximate surface area is 165 Å². The topological polar surface area (TPSA) is 166 Å². The van der Waals surface area contributed by atoms with Crippen LogP contribution in [-0.4, -0.2) is 66.1 Å². The third-order valence-electron chi connectivity index (χ3n) is 3.43. The van der Waals surface area contributed by atoms with Crippen molar-refractivity contribution >= 4 is 35.6 Å². The highest BCUT2D eigenvalue weighted by Crippen LogP contribution is 2.32. The minimum Gasteiger partial charge on any atom is -0.463 e. The zero-order chi connectivity index (χ0) is 21.3. The monoisotopic (exact) mass is 418 g/mol. The normalized spacial score (nSPS) is 26.4. The first-order chi connectivity index (χ1) is 13.1. The molecule has 1 amide bonds. The van der Waals surface area contributed by atoms with Crippen LogP contribution in [0.5, 0.6) is 0 Å². The minimum absolute atomic E-state index is 0.0391. The van der Waals surface area contributed by atoms with Gasteiger partial charge in [-0.1, -0.05) is 5.11 Å². The predicted octanol–water partition coefficient (Wildman–Crippen LogP) is 0.644. The molecule has 1 aliphatic rings. The summed E-state index contributed by atoms with van der Waals surface area (Å²) in [6.07, 6.45) is -3.25. The van der Waals surface area contributed by atoms with E-state index in [1.165, 1.54) is 13.8 Å². The lowest BCUT2D eigenvalue weighted by Crippen LogP contribution is -2.65. The van der Waals surface area contributed by atoms with Crippen molar-refractivity contribution in [2.45, 2.75) is 57.5 Å². The summed E-state index contributed by atoms with van der Waals surface area (Å²) in [5.74, 6) is -2.43. The maximum Gasteiger partial charge on any atom is 0.303 e. The van der Waals surface area contributed by atoms with Gasteiger partial charge in [0, 0.05) is 32.6 Å². The van der Waals surface area contributed by atoms with Crippen LogP contribution in [0.25, 0.3) is 10.4 Å². The summed E-state index contributed by atoms with van der Waals surface area (Å²) in [6.45, 7) is 4.49. The van der Waals surface area contributed by atoms with Gasteiger partial charge in [-0.05, 0) is 5.53 Å². The van der Waals surface area contributed by atoms with Gasteiger partial charge in [0.15, 0.2) is 12.2 Å². The Morgan fingerprint density at radius 3 is 2.18 bits per heavy atom. The molecule has 0 aromatic rings. The number of nitrogens with zero attached hydrogens (tertiary/aromatic N) is 3. The Hall–Kier alpha value is -2.50. The van der Waals surface area contributed by atoms with Crippen molar-refractivity contribution in [2.75, 3.05) is 12.5 Å². The predicted molar refractivity (Wildman–Crippen MR) is 95.6 cm³/mol. The molecule has 1 aliphatic heterocycles. The van der Waals surface area contributed by atoms with E-state index in [1.807, 2.05) is 0 Å². The molecule has 1 rings (SSSR count).